The molecule has 0 aliphatic rings. The predicted octanol–water partition coefficient (Wildman–Crippen LogP) is 9.21. The summed E-state index contributed by atoms with van der Waals surface area (Å²) >= 11 is 3.70. The molecular formula is C29H39BrClNO. The lowest BCUT2D eigenvalue weighted by molar-refractivity contribution is 0.0832. The van der Waals surface area contributed by atoms with Gasteiger partial charge in [-0.25, -0.2) is 0 Å². The molecule has 0 heterocycles. The minimum absolute atomic E-state index is 0. The van der Waals surface area contributed by atoms with E-state index in [2.05, 4.69) is 84.1 Å². The molecule has 0 bridgehead atoms. The Morgan fingerprint density at radius 3 is 2.03 bits per heavy atom. The first-order valence-electron chi connectivity index (χ1n) is 12.5. The van der Waals surface area contributed by atoms with Crippen LogP contribution in [0.3, 0.4) is 0 Å². The van der Waals surface area contributed by atoms with Crippen molar-refractivity contribution in [3.05, 3.63) is 58.6 Å². The number of halogens is 2. The highest BCUT2D eigenvalue weighted by Gasteiger charge is 2.22. The number of carbonyl (C=O) groups excluding carboxylic acids is 1. The molecule has 0 saturated carbocycles. The van der Waals surface area contributed by atoms with E-state index in [0.29, 0.717) is 0 Å². The van der Waals surface area contributed by atoms with E-state index < -0.39 is 0 Å². The smallest absolute Gasteiger partial charge is 0.179 e. The summed E-state index contributed by atoms with van der Waals surface area (Å²) in [5, 5.41) is 4.69. The van der Waals surface area contributed by atoms with Gasteiger partial charge in [0, 0.05) is 10.0 Å². The van der Waals surface area contributed by atoms with Crippen molar-refractivity contribution in [1.82, 2.24) is 4.90 Å². The summed E-state index contributed by atoms with van der Waals surface area (Å²) in [5.41, 5.74) is 0.824. The van der Waals surface area contributed by atoms with Crippen molar-refractivity contribution in [2.24, 2.45) is 0 Å². The molecule has 0 radical (unpaired) electrons. The van der Waals surface area contributed by atoms with Gasteiger partial charge in [-0.2, -0.15) is 0 Å². The topological polar surface area (TPSA) is 20.3 Å². The number of nitrogens with zero attached hydrogens (tertiary/aromatic N) is 1. The highest BCUT2D eigenvalue weighted by molar-refractivity contribution is 9.10. The van der Waals surface area contributed by atoms with E-state index in [1.807, 2.05) is 6.07 Å². The Balaban J connectivity index is 0.00000385. The van der Waals surface area contributed by atoms with Crippen LogP contribution in [0.15, 0.2) is 53.0 Å². The first-order chi connectivity index (χ1) is 15.6. The van der Waals surface area contributed by atoms with Gasteiger partial charge < -0.3 is 0 Å². The number of Topliss-reactive ketones (excluding diaryl/α,β-unsaturated/α-hetero) is 1. The number of ketones is 1. The van der Waals surface area contributed by atoms with Gasteiger partial charge in [0.15, 0.2) is 5.78 Å². The molecule has 0 spiro atoms. The number of hydrogen-bond acceptors (Lipinski definition) is 2. The molecule has 0 aliphatic carbocycles. The van der Waals surface area contributed by atoms with E-state index in [9.17, 15) is 4.79 Å². The molecule has 0 saturated heterocycles. The Bertz CT molecular complexity index is 1020. The van der Waals surface area contributed by atoms with Gasteiger partial charge >= 0.3 is 0 Å². The lowest BCUT2D eigenvalue weighted by atomic mass is 9.96. The summed E-state index contributed by atoms with van der Waals surface area (Å²) in [7, 11) is 0. The zero-order valence-corrected chi connectivity index (χ0v) is 22.8. The van der Waals surface area contributed by atoms with Gasteiger partial charge in [0.1, 0.15) is 0 Å². The van der Waals surface area contributed by atoms with E-state index in [4.69, 9.17) is 0 Å². The van der Waals surface area contributed by atoms with Gasteiger partial charge in [0.2, 0.25) is 0 Å². The largest absolute Gasteiger partial charge is 0.294 e. The second-order valence-corrected chi connectivity index (χ2v) is 9.89. The summed E-state index contributed by atoms with van der Waals surface area (Å²) in [6, 6.07) is 16.7. The second kappa shape index (κ2) is 14.1. The van der Waals surface area contributed by atoms with Crippen LogP contribution in [-0.2, 0) is 0 Å². The van der Waals surface area contributed by atoms with Gasteiger partial charge in [0.05, 0.1) is 6.04 Å². The summed E-state index contributed by atoms with van der Waals surface area (Å²) in [6.45, 7) is 8.63. The standard InChI is InChI=1S/C29H38BrNO.ClH/c1-4-6-8-12-18-31(19-13-9-7-5-2)22(3)29(32)24-17-16-23-21-28(30)26-15-11-10-14-25(26)27(23)20-24;/h10-11,14-17,20-22H,4-9,12-13,18-19H2,1-3H3;1H. The molecular weight excluding hydrogens is 494 g/mol. The molecule has 3 aromatic rings. The van der Waals surface area contributed by atoms with Crippen molar-refractivity contribution in [2.75, 3.05) is 13.1 Å². The average Bonchev–Trinajstić information content (AvgIpc) is 2.82. The molecule has 0 aromatic heterocycles. The minimum Gasteiger partial charge on any atom is -0.294 e. The van der Waals surface area contributed by atoms with Crippen LogP contribution in [0.4, 0.5) is 0 Å². The van der Waals surface area contributed by atoms with Crippen LogP contribution in [0, 0.1) is 0 Å². The number of benzene rings is 3. The van der Waals surface area contributed by atoms with E-state index in [0.717, 1.165) is 33.9 Å². The molecule has 3 aromatic carbocycles. The van der Waals surface area contributed by atoms with Crippen molar-refractivity contribution >= 4 is 55.7 Å². The average molecular weight is 533 g/mol. The Hall–Kier alpha value is -1.42. The molecule has 0 aliphatic heterocycles. The highest BCUT2D eigenvalue weighted by Crippen LogP contribution is 2.32. The second-order valence-electron chi connectivity index (χ2n) is 9.04. The number of carbonyl (C=O) groups is 1. The van der Waals surface area contributed by atoms with Gasteiger partial charge in [-0.05, 0) is 66.5 Å². The lowest BCUT2D eigenvalue weighted by Crippen LogP contribution is -2.40. The molecule has 1 unspecified atom stereocenters. The van der Waals surface area contributed by atoms with Crippen LogP contribution in [0.1, 0.15) is 82.5 Å². The SMILES string of the molecule is CCCCCCN(CCCCCC)C(C)C(=O)c1ccc2cc(Br)c3ccccc3c2c1.Cl. The Morgan fingerprint density at radius 2 is 1.42 bits per heavy atom. The Labute approximate surface area is 214 Å². The third-order valence-corrected chi connectivity index (χ3v) is 7.28. The number of fused-ring (bicyclic) bond motifs is 3. The molecule has 0 fully saturated rings. The summed E-state index contributed by atoms with van der Waals surface area (Å²) in [5.74, 6) is 0.241. The molecule has 4 heteroatoms. The van der Waals surface area contributed by atoms with Gasteiger partial charge in [-0.3, -0.25) is 9.69 Å². The third-order valence-electron chi connectivity index (χ3n) is 6.62. The summed E-state index contributed by atoms with van der Waals surface area (Å²) < 4.78 is 1.10. The summed E-state index contributed by atoms with van der Waals surface area (Å²) in [6.07, 6.45) is 9.89. The summed E-state index contributed by atoms with van der Waals surface area (Å²) in [4.78, 5) is 16.0. The van der Waals surface area contributed by atoms with Crippen LogP contribution in [0.2, 0.25) is 0 Å². The van der Waals surface area contributed by atoms with Crippen LogP contribution in [-0.4, -0.2) is 29.8 Å². The minimum atomic E-state index is -0.0857. The maximum absolute atomic E-state index is 13.6. The Kier molecular flexibility index (Phi) is 11.9. The van der Waals surface area contributed by atoms with Crippen LogP contribution < -0.4 is 0 Å². The highest BCUT2D eigenvalue weighted by atomic mass is 79.9. The molecule has 33 heavy (non-hydrogen) atoms. The number of hydrogen-bond donors (Lipinski definition) is 0. The zero-order chi connectivity index (χ0) is 22.9. The fourth-order valence-electron chi connectivity index (χ4n) is 4.60. The van der Waals surface area contributed by atoms with Crippen molar-refractivity contribution in [3.63, 3.8) is 0 Å². The fraction of sp³-hybridized carbons (Fsp3) is 0.483. The van der Waals surface area contributed by atoms with E-state index in [1.54, 1.807) is 0 Å². The van der Waals surface area contributed by atoms with E-state index in [1.165, 1.54) is 62.1 Å². The zero-order valence-electron chi connectivity index (χ0n) is 20.4. The van der Waals surface area contributed by atoms with Gasteiger partial charge in [-0.15, -0.1) is 12.4 Å². The monoisotopic (exact) mass is 531 g/mol. The van der Waals surface area contributed by atoms with Crippen molar-refractivity contribution < 1.29 is 4.79 Å². The molecule has 3 rings (SSSR count). The Morgan fingerprint density at radius 1 is 0.818 bits per heavy atom. The maximum Gasteiger partial charge on any atom is 0.179 e. The first kappa shape index (κ1) is 27.8. The van der Waals surface area contributed by atoms with Crippen molar-refractivity contribution in [2.45, 2.75) is 78.2 Å². The molecule has 0 N–H and O–H groups in total. The molecule has 0 amide bonds. The van der Waals surface area contributed by atoms with Crippen molar-refractivity contribution in [1.29, 1.82) is 0 Å². The fourth-order valence-corrected chi connectivity index (χ4v) is 5.19. The third kappa shape index (κ3) is 7.28. The van der Waals surface area contributed by atoms with Gasteiger partial charge in [0.25, 0.3) is 0 Å². The number of rotatable bonds is 13. The van der Waals surface area contributed by atoms with Gasteiger partial charge in [-0.1, -0.05) is 105 Å². The van der Waals surface area contributed by atoms with Crippen LogP contribution in [0.5, 0.6) is 0 Å². The van der Waals surface area contributed by atoms with Crippen LogP contribution in [0.25, 0.3) is 21.5 Å². The first-order valence-corrected chi connectivity index (χ1v) is 13.2. The van der Waals surface area contributed by atoms with E-state index in [-0.39, 0.29) is 24.2 Å². The van der Waals surface area contributed by atoms with Crippen LogP contribution >= 0.6 is 28.3 Å². The molecule has 1 atom stereocenters. The predicted molar refractivity (Wildman–Crippen MR) is 150 cm³/mol. The maximum atomic E-state index is 13.6. The quantitative estimate of drug-likeness (QED) is 0.124. The lowest BCUT2D eigenvalue weighted by Gasteiger charge is -2.28. The normalized spacial score (nSPS) is 12.3. The number of unbranched alkanes of at least 4 members (excludes halogenated alkanes) is 6. The van der Waals surface area contributed by atoms with Crippen molar-refractivity contribution in [3.8, 4) is 0 Å². The van der Waals surface area contributed by atoms with E-state index >= 15 is 0 Å². The molecule has 2 nitrogen and oxygen atoms in total. The molecule has 180 valence electrons.